The predicted molar refractivity (Wildman–Crippen MR) is 86.0 cm³/mol. The molecule has 2 amide bonds. The van der Waals surface area contributed by atoms with Crippen molar-refractivity contribution in [1.29, 1.82) is 0 Å². The third-order valence-corrected chi connectivity index (χ3v) is 4.55. The Morgan fingerprint density at radius 2 is 2.17 bits per heavy atom. The van der Waals surface area contributed by atoms with Crippen LogP contribution in [0.1, 0.15) is 18.4 Å². The fraction of sp³-hybridized carbons (Fsp3) is 0.529. The molecule has 124 valence electrons. The van der Waals surface area contributed by atoms with Crippen LogP contribution in [0.2, 0.25) is 0 Å². The van der Waals surface area contributed by atoms with Gasteiger partial charge in [0.05, 0.1) is 19.7 Å². The number of ether oxygens (including phenoxy) is 1. The minimum atomic E-state index is -0.147. The molecule has 0 saturated carbocycles. The molecule has 3 rings (SSSR count). The predicted octanol–water partition coefficient (Wildman–Crippen LogP) is 0.618. The molecule has 0 bridgehead atoms. The van der Waals surface area contributed by atoms with Gasteiger partial charge in [-0.2, -0.15) is 0 Å². The van der Waals surface area contributed by atoms with E-state index >= 15 is 0 Å². The van der Waals surface area contributed by atoms with Crippen LogP contribution < -0.4 is 10.1 Å². The molecular weight excluding hydrogens is 294 g/mol. The molecule has 0 spiro atoms. The lowest BCUT2D eigenvalue weighted by atomic mass is 10.0. The molecule has 1 atom stereocenters. The average Bonchev–Trinajstić information content (AvgIpc) is 2.57. The van der Waals surface area contributed by atoms with E-state index in [0.29, 0.717) is 19.6 Å². The van der Waals surface area contributed by atoms with E-state index in [0.717, 1.165) is 37.2 Å². The van der Waals surface area contributed by atoms with Crippen LogP contribution >= 0.6 is 0 Å². The highest BCUT2D eigenvalue weighted by Gasteiger charge is 2.33. The number of carbonyl (C=O) groups is 2. The summed E-state index contributed by atoms with van der Waals surface area (Å²) in [7, 11) is 1.64. The van der Waals surface area contributed by atoms with Gasteiger partial charge < -0.3 is 15.0 Å². The molecule has 23 heavy (non-hydrogen) atoms. The van der Waals surface area contributed by atoms with E-state index in [1.165, 1.54) is 0 Å². The average molecular weight is 317 g/mol. The van der Waals surface area contributed by atoms with Crippen molar-refractivity contribution in [1.82, 2.24) is 15.1 Å². The largest absolute Gasteiger partial charge is 0.497 e. The molecule has 2 aliphatic heterocycles. The molecule has 2 saturated heterocycles. The van der Waals surface area contributed by atoms with Gasteiger partial charge >= 0.3 is 0 Å². The molecule has 6 heteroatoms. The number of piperazine rings is 1. The van der Waals surface area contributed by atoms with Crippen molar-refractivity contribution in [3.05, 3.63) is 29.8 Å². The lowest BCUT2D eigenvalue weighted by Gasteiger charge is -2.39. The molecule has 2 aliphatic rings. The summed E-state index contributed by atoms with van der Waals surface area (Å²) in [6.45, 7) is 3.05. The third-order valence-electron chi connectivity index (χ3n) is 4.55. The number of nitrogens with one attached hydrogen (secondary N) is 1. The number of nitrogens with zero attached hydrogens (tertiary/aromatic N) is 2. The molecule has 1 N–H and O–H groups in total. The fourth-order valence-electron chi connectivity index (χ4n) is 3.26. The second kappa shape index (κ2) is 7.00. The van der Waals surface area contributed by atoms with E-state index in [1.54, 1.807) is 7.11 Å². The number of piperidine rings is 1. The number of methoxy groups -OCH3 is 1. The number of rotatable bonds is 4. The summed E-state index contributed by atoms with van der Waals surface area (Å²) in [4.78, 5) is 28.3. The van der Waals surface area contributed by atoms with Crippen LogP contribution in [0.5, 0.6) is 5.75 Å². The van der Waals surface area contributed by atoms with Crippen LogP contribution in [0.25, 0.3) is 0 Å². The number of benzene rings is 1. The Labute approximate surface area is 136 Å². The van der Waals surface area contributed by atoms with E-state index in [2.05, 4.69) is 5.32 Å². The van der Waals surface area contributed by atoms with Crippen molar-refractivity contribution in [3.63, 3.8) is 0 Å². The van der Waals surface area contributed by atoms with Gasteiger partial charge in [-0.05, 0) is 30.5 Å². The Hall–Kier alpha value is -2.08. The molecule has 0 aromatic heterocycles. The summed E-state index contributed by atoms with van der Waals surface area (Å²) >= 11 is 0. The van der Waals surface area contributed by atoms with Crippen LogP contribution in [0.4, 0.5) is 0 Å². The van der Waals surface area contributed by atoms with Crippen molar-refractivity contribution in [3.8, 4) is 5.75 Å². The van der Waals surface area contributed by atoms with Crippen molar-refractivity contribution >= 4 is 11.8 Å². The maximum absolute atomic E-state index is 12.4. The smallest absolute Gasteiger partial charge is 0.237 e. The molecule has 1 aromatic carbocycles. The minimum absolute atomic E-state index is 0.0605. The first-order valence-electron chi connectivity index (χ1n) is 8.10. The van der Waals surface area contributed by atoms with Gasteiger partial charge in [-0.3, -0.25) is 14.5 Å². The van der Waals surface area contributed by atoms with Crippen molar-refractivity contribution < 1.29 is 14.3 Å². The maximum Gasteiger partial charge on any atom is 0.237 e. The van der Waals surface area contributed by atoms with Crippen molar-refractivity contribution in [2.45, 2.75) is 25.4 Å². The van der Waals surface area contributed by atoms with Crippen LogP contribution in [0, 0.1) is 0 Å². The zero-order valence-corrected chi connectivity index (χ0v) is 13.5. The summed E-state index contributed by atoms with van der Waals surface area (Å²) < 4.78 is 5.22. The Kier molecular flexibility index (Phi) is 4.81. The molecule has 1 aromatic rings. The van der Waals surface area contributed by atoms with Crippen LogP contribution in [-0.4, -0.2) is 60.9 Å². The number of carbonyl (C=O) groups excluding carboxylic acids is 2. The Morgan fingerprint density at radius 1 is 1.30 bits per heavy atom. The topological polar surface area (TPSA) is 61.9 Å². The molecule has 1 unspecified atom stereocenters. The first kappa shape index (κ1) is 15.8. The highest BCUT2D eigenvalue weighted by Crippen LogP contribution is 2.18. The van der Waals surface area contributed by atoms with Gasteiger partial charge in [0.25, 0.3) is 0 Å². The SMILES string of the molecule is COc1cccc(CN2CCN(C3CCCNC3=O)CC2=O)c1. The molecule has 2 fully saturated rings. The molecular formula is C17H23N3O3. The third kappa shape index (κ3) is 3.64. The van der Waals surface area contributed by atoms with Crippen LogP contribution in [-0.2, 0) is 16.1 Å². The standard InChI is InChI=1S/C17H23N3O3/c1-23-14-5-2-4-13(10-14)11-20-9-8-19(12-16(20)21)15-6-3-7-18-17(15)22/h2,4-5,10,15H,3,6-9,11-12H2,1H3,(H,18,22). The Morgan fingerprint density at radius 3 is 2.91 bits per heavy atom. The second-order valence-corrected chi connectivity index (χ2v) is 6.09. The van der Waals surface area contributed by atoms with Crippen LogP contribution in [0.15, 0.2) is 24.3 Å². The Balaban J connectivity index is 1.60. The van der Waals surface area contributed by atoms with Gasteiger partial charge in [0.15, 0.2) is 0 Å². The normalized spacial score (nSPS) is 22.8. The van der Waals surface area contributed by atoms with E-state index in [4.69, 9.17) is 4.74 Å². The minimum Gasteiger partial charge on any atom is -0.497 e. The van der Waals surface area contributed by atoms with Gasteiger partial charge in [-0.15, -0.1) is 0 Å². The van der Waals surface area contributed by atoms with Gasteiger partial charge in [0, 0.05) is 26.2 Å². The highest BCUT2D eigenvalue weighted by atomic mass is 16.5. The highest BCUT2D eigenvalue weighted by molar-refractivity contribution is 5.84. The maximum atomic E-state index is 12.4. The number of amides is 2. The summed E-state index contributed by atoms with van der Waals surface area (Å²) in [5.41, 5.74) is 1.06. The van der Waals surface area contributed by atoms with Crippen LogP contribution in [0.3, 0.4) is 0 Å². The van der Waals surface area contributed by atoms with Crippen molar-refractivity contribution in [2.75, 3.05) is 33.3 Å². The second-order valence-electron chi connectivity index (χ2n) is 6.09. The first-order chi connectivity index (χ1) is 11.2. The lowest BCUT2D eigenvalue weighted by molar-refractivity contribution is -0.140. The zero-order valence-electron chi connectivity index (χ0n) is 13.5. The fourth-order valence-corrected chi connectivity index (χ4v) is 3.26. The van der Waals surface area contributed by atoms with Gasteiger partial charge in [0.2, 0.25) is 11.8 Å². The number of hydrogen-bond donors (Lipinski definition) is 1. The quantitative estimate of drug-likeness (QED) is 0.884. The summed E-state index contributed by atoms with van der Waals surface area (Å²) in [6, 6.07) is 7.63. The molecule has 6 nitrogen and oxygen atoms in total. The van der Waals surface area contributed by atoms with E-state index < -0.39 is 0 Å². The van der Waals surface area contributed by atoms with Gasteiger partial charge in [0.1, 0.15) is 5.75 Å². The summed E-state index contributed by atoms with van der Waals surface area (Å²) in [5.74, 6) is 0.940. The van der Waals surface area contributed by atoms with E-state index in [-0.39, 0.29) is 17.9 Å². The van der Waals surface area contributed by atoms with Gasteiger partial charge in [-0.25, -0.2) is 0 Å². The zero-order chi connectivity index (χ0) is 16.2. The van der Waals surface area contributed by atoms with E-state index in [1.807, 2.05) is 34.1 Å². The summed E-state index contributed by atoms with van der Waals surface area (Å²) in [6.07, 6.45) is 1.82. The molecule has 2 heterocycles. The van der Waals surface area contributed by atoms with E-state index in [9.17, 15) is 9.59 Å². The number of hydrogen-bond acceptors (Lipinski definition) is 4. The Bertz CT molecular complexity index is 590. The van der Waals surface area contributed by atoms with Crippen molar-refractivity contribution in [2.24, 2.45) is 0 Å². The summed E-state index contributed by atoms with van der Waals surface area (Å²) in [5, 5.41) is 2.89. The molecule has 0 aliphatic carbocycles. The molecule has 0 radical (unpaired) electrons. The monoisotopic (exact) mass is 317 g/mol. The first-order valence-corrected chi connectivity index (χ1v) is 8.10. The van der Waals surface area contributed by atoms with Gasteiger partial charge in [-0.1, -0.05) is 12.1 Å². The lowest BCUT2D eigenvalue weighted by Crippen LogP contribution is -2.58.